The molecule has 0 aromatic heterocycles. The third-order valence-corrected chi connectivity index (χ3v) is 9.35. The molecule has 1 aliphatic carbocycles. The molecule has 41 heavy (non-hydrogen) atoms. The second kappa shape index (κ2) is 13.1. The van der Waals surface area contributed by atoms with Gasteiger partial charge in [0.05, 0.1) is 12.7 Å². The van der Waals surface area contributed by atoms with E-state index in [1.165, 1.54) is 73.0 Å². The molecule has 1 atom stereocenters. The van der Waals surface area contributed by atoms with Gasteiger partial charge in [0.2, 0.25) is 0 Å². The summed E-state index contributed by atoms with van der Waals surface area (Å²) in [6.07, 6.45) is 14.0. The maximum Gasteiger partial charge on any atom is 0.480 e. The fraction of sp³-hybridized carbons (Fsp3) is 0.462. The first-order chi connectivity index (χ1) is 19.1. The lowest BCUT2D eigenvalue weighted by Gasteiger charge is -2.22. The Morgan fingerprint density at radius 1 is 0.805 bits per heavy atom. The average Bonchev–Trinajstić information content (AvgIpc) is 3.49. The minimum absolute atomic E-state index is 0.778. The number of unbranched alkanes of at least 4 members (excludes halogenated alkanes) is 5. The van der Waals surface area contributed by atoms with Crippen molar-refractivity contribution in [1.29, 1.82) is 0 Å². The number of anilines is 1. The van der Waals surface area contributed by atoms with Gasteiger partial charge >= 0.3 is 11.0 Å². The molecule has 0 amide bonds. The molecule has 2 aromatic rings. The van der Waals surface area contributed by atoms with Crippen LogP contribution in [-0.2, 0) is 26.5 Å². The Balaban J connectivity index is 0.000000266. The Kier molecular flexibility index (Phi) is 10.5. The first kappa shape index (κ1) is 32.9. The number of sulfonamides is 2. The molecule has 0 saturated carbocycles. The summed E-state index contributed by atoms with van der Waals surface area (Å²) in [7, 11) is -13.4. The molecule has 228 valence electrons. The van der Waals surface area contributed by atoms with Crippen LogP contribution in [0, 0.1) is 0 Å². The van der Waals surface area contributed by atoms with Crippen LogP contribution >= 0.6 is 0 Å². The average molecular weight is 628 g/mol. The van der Waals surface area contributed by atoms with Gasteiger partial charge < -0.3 is 4.13 Å². The molecule has 0 saturated heterocycles. The molecule has 0 bridgehead atoms. The Bertz CT molecular complexity index is 1400. The molecule has 1 aliphatic heterocycles. The second-order valence-corrected chi connectivity index (χ2v) is 13.1. The molecule has 4 rings (SSSR count). The van der Waals surface area contributed by atoms with Gasteiger partial charge in [0.25, 0.3) is 0 Å². The standard InChI is InChI=1S/C24H30N2.C2F6NO4S2/c1-2-3-4-5-6-9-14-25-15-16-26(19-25)22-12-13-24-21(18-22)17-20-10-7-8-11-23(20)24;3-1(4,5)14(10,11)9-15(12,13)2(6,7)8/h7-8,10-13,15-16,18H,2-6,9,14,17,19H2,1H3;/q;-1/p+1. The number of fused-ring (bicyclic) bond motifs is 3. The van der Waals surface area contributed by atoms with Crippen LogP contribution in [0.3, 0.4) is 0 Å². The summed E-state index contributed by atoms with van der Waals surface area (Å²) < 4.78 is 109. The van der Waals surface area contributed by atoms with E-state index in [0.29, 0.717) is 0 Å². The molecule has 0 spiro atoms. The van der Waals surface area contributed by atoms with Gasteiger partial charge in [-0.15, -0.1) is 0 Å². The molecule has 15 heteroatoms. The van der Waals surface area contributed by atoms with Crippen LogP contribution in [0.5, 0.6) is 0 Å². The Hall–Kier alpha value is -2.62. The fourth-order valence-electron chi connectivity index (χ4n) is 4.52. The van der Waals surface area contributed by atoms with Crippen LogP contribution < -0.4 is 9.80 Å². The smallest absolute Gasteiger partial charge is 0.421 e. The highest BCUT2D eigenvalue weighted by molar-refractivity contribution is 8.13. The summed E-state index contributed by atoms with van der Waals surface area (Å²) in [6, 6.07) is 15.8. The lowest BCUT2D eigenvalue weighted by Crippen LogP contribution is -3.07. The number of benzene rings is 2. The van der Waals surface area contributed by atoms with E-state index in [1.807, 2.05) is 0 Å². The van der Waals surface area contributed by atoms with Crippen molar-refractivity contribution in [1.82, 2.24) is 0 Å². The van der Waals surface area contributed by atoms with Gasteiger partial charge in [-0.3, -0.25) is 9.80 Å². The molecular weight excluding hydrogens is 596 g/mol. The molecule has 1 N–H and O–H groups in total. The third-order valence-electron chi connectivity index (χ3n) is 6.61. The fourth-order valence-corrected chi connectivity index (χ4v) is 6.23. The summed E-state index contributed by atoms with van der Waals surface area (Å²) in [5.74, 6) is 0. The number of rotatable bonds is 10. The number of hydrogen-bond donors (Lipinski definition) is 1. The lowest BCUT2D eigenvalue weighted by molar-refractivity contribution is -0.840. The van der Waals surface area contributed by atoms with Crippen molar-refractivity contribution in [2.45, 2.75) is 62.9 Å². The monoisotopic (exact) mass is 627 g/mol. The van der Waals surface area contributed by atoms with Crippen LogP contribution in [-0.4, -0.2) is 41.1 Å². The van der Waals surface area contributed by atoms with Crippen LogP contribution in [0.2, 0.25) is 0 Å². The van der Waals surface area contributed by atoms with E-state index >= 15 is 0 Å². The van der Waals surface area contributed by atoms with E-state index in [-0.39, 0.29) is 0 Å². The van der Waals surface area contributed by atoms with Gasteiger partial charge in [0.15, 0.2) is 26.7 Å². The van der Waals surface area contributed by atoms with Gasteiger partial charge in [0, 0.05) is 5.69 Å². The van der Waals surface area contributed by atoms with Gasteiger partial charge in [-0.1, -0.05) is 62.9 Å². The largest absolute Gasteiger partial charge is 0.480 e. The molecule has 0 fully saturated rings. The van der Waals surface area contributed by atoms with Crippen LogP contribution in [0.15, 0.2) is 54.9 Å². The maximum absolute atomic E-state index is 11.4. The van der Waals surface area contributed by atoms with E-state index in [4.69, 9.17) is 0 Å². The van der Waals surface area contributed by atoms with Gasteiger partial charge in [-0.2, -0.15) is 26.3 Å². The minimum Gasteiger partial charge on any atom is -0.421 e. The second-order valence-electron chi connectivity index (χ2n) is 9.71. The highest BCUT2D eigenvalue weighted by Crippen LogP contribution is 2.38. The van der Waals surface area contributed by atoms with Crippen molar-refractivity contribution in [3.05, 3.63) is 70.1 Å². The number of nitrogens with zero attached hydrogens (tertiary/aromatic N) is 2. The number of quaternary nitrogens is 1. The molecule has 0 radical (unpaired) electrons. The number of nitrogens with one attached hydrogen (secondary N) is 1. The van der Waals surface area contributed by atoms with Crippen molar-refractivity contribution >= 4 is 25.7 Å². The zero-order valence-corrected chi connectivity index (χ0v) is 23.8. The van der Waals surface area contributed by atoms with Gasteiger partial charge in [-0.25, -0.2) is 16.8 Å². The highest BCUT2D eigenvalue weighted by atomic mass is 32.3. The summed E-state index contributed by atoms with van der Waals surface area (Å²) in [6.45, 7) is 4.61. The first-order valence-electron chi connectivity index (χ1n) is 12.9. The van der Waals surface area contributed by atoms with E-state index in [2.05, 4.69) is 66.7 Å². The topological polar surface area (TPSA) is 90.1 Å². The lowest BCUT2D eigenvalue weighted by atomic mass is 10.1. The van der Waals surface area contributed by atoms with Gasteiger partial charge in [0.1, 0.15) is 6.20 Å². The van der Waals surface area contributed by atoms with E-state index in [0.717, 1.165) is 17.2 Å². The van der Waals surface area contributed by atoms with Crippen LogP contribution in [0.25, 0.3) is 15.3 Å². The molecule has 2 aromatic carbocycles. The van der Waals surface area contributed by atoms with E-state index in [9.17, 15) is 43.2 Å². The molecule has 7 nitrogen and oxygen atoms in total. The Morgan fingerprint density at radius 2 is 1.39 bits per heavy atom. The summed E-state index contributed by atoms with van der Waals surface area (Å²) in [5.41, 5.74) is -5.29. The van der Waals surface area contributed by atoms with Crippen LogP contribution in [0.1, 0.15) is 56.6 Å². The maximum atomic E-state index is 11.4. The summed E-state index contributed by atoms with van der Waals surface area (Å²) in [4.78, 5) is 4.00. The summed E-state index contributed by atoms with van der Waals surface area (Å²) in [5, 5.41) is 0. The third kappa shape index (κ3) is 8.46. The quantitative estimate of drug-likeness (QED) is 0.226. The van der Waals surface area contributed by atoms with Crippen molar-refractivity contribution in [2.75, 3.05) is 18.1 Å². The number of halogens is 6. The van der Waals surface area contributed by atoms with Crippen molar-refractivity contribution in [2.24, 2.45) is 0 Å². The number of alkyl halides is 6. The zero-order valence-electron chi connectivity index (χ0n) is 22.2. The number of hydrogen-bond acceptors (Lipinski definition) is 5. The molecule has 2 aliphatic rings. The van der Waals surface area contributed by atoms with Crippen molar-refractivity contribution in [3.8, 4) is 11.1 Å². The van der Waals surface area contributed by atoms with Crippen LogP contribution in [0.4, 0.5) is 32.0 Å². The van der Waals surface area contributed by atoms with Gasteiger partial charge in [-0.05, 0) is 53.6 Å². The van der Waals surface area contributed by atoms with Crippen molar-refractivity contribution in [3.63, 3.8) is 0 Å². The normalized spacial score (nSPS) is 16.8. The predicted octanol–water partition coefficient (Wildman–Crippen LogP) is 5.81. The summed E-state index contributed by atoms with van der Waals surface area (Å²) >= 11 is 0. The van der Waals surface area contributed by atoms with E-state index < -0.39 is 31.1 Å². The molecule has 1 heterocycles. The Morgan fingerprint density at radius 3 is 2.02 bits per heavy atom. The SMILES string of the molecule is CCCCCCCC[NH+]1C=CN(c2ccc3c(c2)Cc2ccccc2-3)C1.O=S(=O)([N-]S(=O)(=O)C(F)(F)F)C(F)(F)F. The Labute approximate surface area is 235 Å². The highest BCUT2D eigenvalue weighted by Gasteiger charge is 2.47. The molecular formula is C26H31F6N3O4S2. The minimum atomic E-state index is -6.72. The first-order valence-corrected chi connectivity index (χ1v) is 15.8. The predicted molar refractivity (Wildman–Crippen MR) is 144 cm³/mol. The molecule has 1 unspecified atom stereocenters. The zero-order chi connectivity index (χ0) is 30.5. The van der Waals surface area contributed by atoms with E-state index in [1.54, 1.807) is 4.90 Å². The van der Waals surface area contributed by atoms with Crippen molar-refractivity contribution < 1.29 is 48.1 Å².